The van der Waals surface area contributed by atoms with Crippen LogP contribution in [0.2, 0.25) is 0 Å². The monoisotopic (exact) mass is 380 g/mol. The highest BCUT2D eigenvalue weighted by Gasteiger charge is 2.09. The number of anilines is 1. The lowest BCUT2D eigenvalue weighted by Gasteiger charge is -2.08. The van der Waals surface area contributed by atoms with Crippen LogP contribution in [0.5, 0.6) is 5.75 Å². The van der Waals surface area contributed by atoms with Crippen LogP contribution < -0.4 is 14.8 Å². The van der Waals surface area contributed by atoms with Gasteiger partial charge in [0.2, 0.25) is 0 Å². The molecule has 5 nitrogen and oxygen atoms in total. The summed E-state index contributed by atoms with van der Waals surface area (Å²) in [5, 5.41) is 2.26. The van der Waals surface area contributed by atoms with E-state index in [0.717, 1.165) is 4.47 Å². The van der Waals surface area contributed by atoms with E-state index >= 15 is 0 Å². The van der Waals surface area contributed by atoms with Gasteiger partial charge >= 0.3 is 5.24 Å². The van der Waals surface area contributed by atoms with Crippen molar-refractivity contribution in [2.24, 2.45) is 0 Å². The highest BCUT2D eigenvalue weighted by atomic mass is 79.9. The summed E-state index contributed by atoms with van der Waals surface area (Å²) in [6.07, 6.45) is 0. The second-order valence-corrected chi connectivity index (χ2v) is 5.89. The van der Waals surface area contributed by atoms with Gasteiger partial charge in [0.1, 0.15) is 5.75 Å². The fourth-order valence-corrected chi connectivity index (χ4v) is 2.58. The molecule has 0 saturated carbocycles. The number of rotatable bonds is 3. The van der Waals surface area contributed by atoms with Crippen molar-refractivity contribution in [3.05, 3.63) is 58.6 Å². The number of carbonyl (C=O) groups excluding carboxylic acids is 2. The number of carbonyl (C=O) groups is 2. The molecule has 2 amide bonds. The van der Waals surface area contributed by atoms with Crippen LogP contribution in [0.15, 0.2) is 53.0 Å². The van der Waals surface area contributed by atoms with Gasteiger partial charge in [-0.05, 0) is 24.3 Å². The van der Waals surface area contributed by atoms with E-state index in [4.69, 9.17) is 4.74 Å². The van der Waals surface area contributed by atoms with Gasteiger partial charge in [-0.2, -0.15) is 0 Å². The smallest absolute Gasteiger partial charge is 0.304 e. The molecule has 0 aliphatic heterocycles. The third kappa shape index (κ3) is 4.78. The zero-order valence-corrected chi connectivity index (χ0v) is 14.0. The number of hydrogen-bond donors (Lipinski definition) is 2. The minimum absolute atomic E-state index is 0.326. The summed E-state index contributed by atoms with van der Waals surface area (Å²) in [5.74, 6) is 0.288. The summed E-state index contributed by atoms with van der Waals surface area (Å²) < 4.78 is 8.38. The number of nitrogens with one attached hydrogen (secondary N) is 2. The Morgan fingerprint density at radius 1 is 1.14 bits per heavy atom. The van der Waals surface area contributed by atoms with Crippen LogP contribution in [0.3, 0.4) is 0 Å². The Morgan fingerprint density at radius 2 is 1.86 bits per heavy atom. The molecule has 0 fully saturated rings. The largest absolute Gasteiger partial charge is 0.497 e. The second kappa shape index (κ2) is 7.86. The number of amides is 2. The molecule has 7 heteroatoms. The molecular weight excluding hydrogens is 368 g/mol. The van der Waals surface area contributed by atoms with Gasteiger partial charge in [-0.25, -0.2) is 0 Å². The average Bonchev–Trinajstić information content (AvgIpc) is 2.52. The molecule has 0 bridgehead atoms. The average molecular weight is 381 g/mol. The number of benzene rings is 2. The highest BCUT2D eigenvalue weighted by molar-refractivity contribution is 9.10. The Bertz CT molecular complexity index is 680. The third-order valence-electron chi connectivity index (χ3n) is 2.63. The molecule has 0 aliphatic rings. The number of methoxy groups -OCH3 is 1. The first kappa shape index (κ1) is 16.4. The van der Waals surface area contributed by atoms with Crippen molar-refractivity contribution < 1.29 is 14.3 Å². The molecule has 0 saturated heterocycles. The minimum Gasteiger partial charge on any atom is -0.497 e. The van der Waals surface area contributed by atoms with E-state index in [0.29, 0.717) is 28.9 Å². The van der Waals surface area contributed by atoms with Crippen LogP contribution in [0.4, 0.5) is 10.5 Å². The van der Waals surface area contributed by atoms with Crippen molar-refractivity contribution in [3.8, 4) is 5.75 Å². The third-order valence-corrected chi connectivity index (χ3v) is 3.66. The summed E-state index contributed by atoms with van der Waals surface area (Å²) in [7, 11) is 1.54. The molecule has 0 heterocycles. The Morgan fingerprint density at radius 3 is 2.55 bits per heavy atom. The van der Waals surface area contributed by atoms with Crippen LogP contribution in [0, 0.1) is 0 Å². The quantitative estimate of drug-likeness (QED) is 0.787. The molecule has 0 aromatic heterocycles. The van der Waals surface area contributed by atoms with Gasteiger partial charge in [-0.15, -0.1) is 0 Å². The van der Waals surface area contributed by atoms with Crippen molar-refractivity contribution >= 4 is 44.7 Å². The molecule has 0 unspecified atom stereocenters. The van der Waals surface area contributed by atoms with E-state index in [-0.39, 0.29) is 5.91 Å². The van der Waals surface area contributed by atoms with E-state index in [1.165, 1.54) is 0 Å². The van der Waals surface area contributed by atoms with Crippen LogP contribution >= 0.6 is 27.9 Å². The zero-order chi connectivity index (χ0) is 15.9. The topological polar surface area (TPSA) is 67.4 Å². The lowest BCUT2D eigenvalue weighted by Crippen LogP contribution is -2.20. The van der Waals surface area contributed by atoms with Gasteiger partial charge in [0.25, 0.3) is 5.91 Å². The van der Waals surface area contributed by atoms with Gasteiger partial charge in [0.05, 0.1) is 19.1 Å². The van der Waals surface area contributed by atoms with Gasteiger partial charge in [-0.1, -0.05) is 34.1 Å². The maximum Gasteiger partial charge on any atom is 0.304 e. The first-order valence-electron chi connectivity index (χ1n) is 6.26. The molecule has 0 spiro atoms. The number of hydrogen-bond acceptors (Lipinski definition) is 4. The first-order chi connectivity index (χ1) is 10.6. The fourth-order valence-electron chi connectivity index (χ4n) is 1.64. The molecule has 0 aliphatic carbocycles. The molecule has 2 aromatic rings. The summed E-state index contributed by atoms with van der Waals surface area (Å²) in [6.45, 7) is 0. The van der Waals surface area contributed by atoms with Crippen LogP contribution in [-0.4, -0.2) is 18.3 Å². The predicted molar refractivity (Wildman–Crippen MR) is 91.2 cm³/mol. The van der Waals surface area contributed by atoms with Crippen molar-refractivity contribution in [1.29, 1.82) is 0 Å². The maximum atomic E-state index is 11.8. The normalized spacial score (nSPS) is 9.91. The second-order valence-electron chi connectivity index (χ2n) is 4.19. The first-order valence-corrected chi connectivity index (χ1v) is 7.87. The lowest BCUT2D eigenvalue weighted by molar-refractivity contribution is 0.0984. The molecule has 0 atom stereocenters. The summed E-state index contributed by atoms with van der Waals surface area (Å²) >= 11 is 4.02. The van der Waals surface area contributed by atoms with Crippen molar-refractivity contribution in [2.45, 2.75) is 0 Å². The molecular formula is C15H13BrN2O3S. The van der Waals surface area contributed by atoms with Crippen LogP contribution in [0.1, 0.15) is 10.4 Å². The van der Waals surface area contributed by atoms with Crippen molar-refractivity contribution in [1.82, 2.24) is 4.72 Å². The molecule has 2 rings (SSSR count). The Kier molecular flexibility index (Phi) is 5.85. The molecule has 114 valence electrons. The number of halogens is 1. The van der Waals surface area contributed by atoms with Crippen molar-refractivity contribution in [3.63, 3.8) is 0 Å². The number of ether oxygens (including phenoxy) is 1. The summed E-state index contributed by atoms with van der Waals surface area (Å²) in [4.78, 5) is 23.7. The lowest BCUT2D eigenvalue weighted by atomic mass is 10.2. The predicted octanol–water partition coefficient (Wildman–Crippen LogP) is 4.07. The fraction of sp³-hybridized carbons (Fsp3) is 0.0667. The van der Waals surface area contributed by atoms with Crippen LogP contribution in [0.25, 0.3) is 0 Å². The molecule has 0 radical (unpaired) electrons. The summed E-state index contributed by atoms with van der Waals surface area (Å²) in [6, 6.07) is 13.9. The van der Waals surface area contributed by atoms with Gasteiger partial charge in [0, 0.05) is 21.8 Å². The molecule has 2 N–H and O–H groups in total. The van der Waals surface area contributed by atoms with Gasteiger partial charge in [-0.3, -0.25) is 14.3 Å². The minimum atomic E-state index is -0.399. The Labute approximate surface area is 140 Å². The Hall–Kier alpha value is -1.99. The maximum absolute atomic E-state index is 11.8. The SMILES string of the molecule is COc1cc(Br)cc(NC(=O)SNC(=O)c2ccccc2)c1. The molecule has 22 heavy (non-hydrogen) atoms. The standard InChI is InChI=1S/C15H13BrN2O3S/c1-21-13-8-11(16)7-12(9-13)17-15(20)22-18-14(19)10-5-3-2-4-6-10/h2-9H,1H3,(H,17,20)(H,18,19). The van der Waals surface area contributed by atoms with Gasteiger partial charge in [0.15, 0.2) is 0 Å². The van der Waals surface area contributed by atoms with Gasteiger partial charge < -0.3 is 10.1 Å². The van der Waals surface area contributed by atoms with E-state index < -0.39 is 5.24 Å². The van der Waals surface area contributed by atoms with E-state index in [1.54, 1.807) is 49.6 Å². The highest BCUT2D eigenvalue weighted by Crippen LogP contribution is 2.25. The molecule has 2 aromatic carbocycles. The van der Waals surface area contributed by atoms with E-state index in [2.05, 4.69) is 26.0 Å². The Balaban J connectivity index is 1.91. The van der Waals surface area contributed by atoms with Crippen LogP contribution in [-0.2, 0) is 0 Å². The zero-order valence-electron chi connectivity index (χ0n) is 11.6. The van der Waals surface area contributed by atoms with E-state index in [9.17, 15) is 9.59 Å². The van der Waals surface area contributed by atoms with Crippen molar-refractivity contribution in [2.75, 3.05) is 12.4 Å². The van der Waals surface area contributed by atoms with E-state index in [1.807, 2.05) is 6.07 Å². The summed E-state index contributed by atoms with van der Waals surface area (Å²) in [5.41, 5.74) is 1.06.